The molecule has 3 aromatic rings. The molecule has 0 aliphatic carbocycles. The van der Waals surface area contributed by atoms with Crippen LogP contribution in [0.5, 0.6) is 5.75 Å². The quantitative estimate of drug-likeness (QED) is 0.417. The van der Waals surface area contributed by atoms with E-state index >= 15 is 0 Å². The number of furan rings is 1. The number of rotatable bonds is 6. The van der Waals surface area contributed by atoms with Crippen LogP contribution < -0.4 is 9.64 Å². The fraction of sp³-hybridized carbons (Fsp3) is 0.267. The monoisotopic (exact) mass is 558 g/mol. The summed E-state index contributed by atoms with van der Waals surface area (Å²) in [5.74, 6) is 0.644. The van der Waals surface area contributed by atoms with Crippen molar-refractivity contribution in [3.05, 3.63) is 89.0 Å². The summed E-state index contributed by atoms with van der Waals surface area (Å²) in [4.78, 5) is 48.9. The Labute approximate surface area is 237 Å². The molecule has 0 unspecified atom stereocenters. The number of hydrogen-bond donors (Lipinski definition) is 0. The molecule has 2 aliphatic rings. The first kappa shape index (κ1) is 27.3. The molecule has 9 nitrogen and oxygen atoms in total. The normalized spacial score (nSPS) is 16.5. The van der Waals surface area contributed by atoms with Crippen LogP contribution in [-0.2, 0) is 9.59 Å². The number of benzene rings is 2. The Kier molecular flexibility index (Phi) is 8.06. The number of piperazine rings is 1. The van der Waals surface area contributed by atoms with Gasteiger partial charge in [-0.25, -0.2) is 4.99 Å². The van der Waals surface area contributed by atoms with Gasteiger partial charge in [-0.1, -0.05) is 30.0 Å². The highest BCUT2D eigenvalue weighted by Crippen LogP contribution is 2.31. The third kappa shape index (κ3) is 5.96. The van der Waals surface area contributed by atoms with Gasteiger partial charge in [0.25, 0.3) is 11.8 Å². The summed E-state index contributed by atoms with van der Waals surface area (Å²) in [5.41, 5.74) is 3.88. The van der Waals surface area contributed by atoms with E-state index < -0.39 is 0 Å². The molecule has 0 spiro atoms. The number of amidine groups is 1. The predicted molar refractivity (Wildman–Crippen MR) is 155 cm³/mol. The zero-order valence-corrected chi connectivity index (χ0v) is 23.4. The highest BCUT2D eigenvalue weighted by Gasteiger charge is 2.33. The van der Waals surface area contributed by atoms with Gasteiger partial charge in [0, 0.05) is 26.2 Å². The van der Waals surface area contributed by atoms with Crippen LogP contribution in [0.15, 0.2) is 76.0 Å². The molecule has 5 rings (SSSR count). The third-order valence-corrected chi connectivity index (χ3v) is 7.61. The smallest absolute Gasteiger partial charge is 0.289 e. The molecule has 0 saturated carbocycles. The van der Waals surface area contributed by atoms with Crippen molar-refractivity contribution >= 4 is 46.4 Å². The second kappa shape index (κ2) is 11.8. The number of thioether (sulfide) groups is 1. The summed E-state index contributed by atoms with van der Waals surface area (Å²) in [6.07, 6.45) is 3.21. The number of ether oxygens (including phenoxy) is 1. The highest BCUT2D eigenvalue weighted by atomic mass is 32.2. The van der Waals surface area contributed by atoms with Crippen molar-refractivity contribution in [3.8, 4) is 5.75 Å². The number of aliphatic imine (C=N–C) groups is 1. The van der Waals surface area contributed by atoms with E-state index in [9.17, 15) is 14.4 Å². The van der Waals surface area contributed by atoms with E-state index in [0.717, 1.165) is 22.4 Å². The Morgan fingerprint density at radius 1 is 1.00 bits per heavy atom. The number of carbonyl (C=O) groups excluding carboxylic acids is 3. The molecule has 0 radical (unpaired) electrons. The molecule has 2 aromatic carbocycles. The van der Waals surface area contributed by atoms with Crippen molar-refractivity contribution in [2.75, 3.05) is 43.9 Å². The molecule has 40 heavy (non-hydrogen) atoms. The topological polar surface area (TPSA) is 95.7 Å². The standard InChI is InChI=1S/C30H30N4O5S/c1-20-15-21(2)17-23(16-20)34-28(36)25(18-22-6-8-24(38-3)9-7-22)31-30(34)40-19-27(35)32-10-12-33(13-11-32)29(37)26-5-4-14-39-26/h4-9,14-18H,10-13,19H2,1-3H3. The van der Waals surface area contributed by atoms with Gasteiger partial charge in [0.2, 0.25) is 5.91 Å². The third-order valence-electron chi connectivity index (χ3n) is 6.69. The summed E-state index contributed by atoms with van der Waals surface area (Å²) in [6, 6.07) is 16.6. The number of nitrogens with zero attached hydrogens (tertiary/aromatic N) is 4. The van der Waals surface area contributed by atoms with Gasteiger partial charge in [0.15, 0.2) is 10.9 Å². The van der Waals surface area contributed by atoms with E-state index in [0.29, 0.717) is 48.5 Å². The molecular formula is C30H30N4O5S. The summed E-state index contributed by atoms with van der Waals surface area (Å²) < 4.78 is 10.4. The molecule has 2 aliphatic heterocycles. The fourth-order valence-corrected chi connectivity index (χ4v) is 5.61. The van der Waals surface area contributed by atoms with Crippen LogP contribution in [-0.4, -0.2) is 71.7 Å². The summed E-state index contributed by atoms with van der Waals surface area (Å²) in [6.45, 7) is 5.68. The van der Waals surface area contributed by atoms with Crippen LogP contribution in [0, 0.1) is 13.8 Å². The molecule has 1 aromatic heterocycles. The number of aryl methyl sites for hydroxylation is 2. The Bertz CT molecular complexity index is 1450. The van der Waals surface area contributed by atoms with E-state index in [-0.39, 0.29) is 23.5 Å². The first-order valence-electron chi connectivity index (χ1n) is 12.9. The zero-order chi connectivity index (χ0) is 28.2. The SMILES string of the molecule is COc1ccc(C=C2N=C(SCC(=O)N3CCN(C(=O)c4ccco4)CC3)N(c3cc(C)cc(C)c3)C2=O)cc1. The van der Waals surface area contributed by atoms with Gasteiger partial charge in [0.05, 0.1) is 24.8 Å². The lowest BCUT2D eigenvalue weighted by atomic mass is 10.1. The van der Waals surface area contributed by atoms with Gasteiger partial charge in [-0.2, -0.15) is 0 Å². The maximum absolute atomic E-state index is 13.6. The van der Waals surface area contributed by atoms with Crippen molar-refractivity contribution in [1.82, 2.24) is 9.80 Å². The van der Waals surface area contributed by atoms with E-state index in [1.165, 1.54) is 18.0 Å². The zero-order valence-electron chi connectivity index (χ0n) is 22.6. The maximum Gasteiger partial charge on any atom is 0.289 e. The van der Waals surface area contributed by atoms with Gasteiger partial charge in [-0.3, -0.25) is 19.3 Å². The van der Waals surface area contributed by atoms with Gasteiger partial charge in [-0.15, -0.1) is 0 Å². The largest absolute Gasteiger partial charge is 0.497 e. The molecule has 1 fully saturated rings. The second-order valence-electron chi connectivity index (χ2n) is 9.62. The molecule has 10 heteroatoms. The first-order valence-corrected chi connectivity index (χ1v) is 13.9. The van der Waals surface area contributed by atoms with E-state index in [1.54, 1.807) is 40.0 Å². The van der Waals surface area contributed by atoms with Crippen molar-refractivity contribution in [1.29, 1.82) is 0 Å². The first-order chi connectivity index (χ1) is 19.3. The Morgan fingerprint density at radius 3 is 2.30 bits per heavy atom. The Morgan fingerprint density at radius 2 is 1.68 bits per heavy atom. The maximum atomic E-state index is 13.6. The predicted octanol–water partition coefficient (Wildman–Crippen LogP) is 4.37. The lowest BCUT2D eigenvalue weighted by molar-refractivity contribution is -0.129. The highest BCUT2D eigenvalue weighted by molar-refractivity contribution is 8.14. The van der Waals surface area contributed by atoms with Crippen molar-refractivity contribution < 1.29 is 23.5 Å². The molecule has 0 atom stereocenters. The van der Waals surface area contributed by atoms with Gasteiger partial charge < -0.3 is 19.0 Å². The molecule has 0 N–H and O–H groups in total. The fourth-order valence-electron chi connectivity index (χ4n) is 4.69. The van der Waals surface area contributed by atoms with Crippen LogP contribution in [0.25, 0.3) is 6.08 Å². The molecule has 0 bridgehead atoms. The molecule has 206 valence electrons. The summed E-state index contributed by atoms with van der Waals surface area (Å²) in [7, 11) is 1.60. The number of carbonyl (C=O) groups is 3. The molecular weight excluding hydrogens is 528 g/mol. The van der Waals surface area contributed by atoms with E-state index in [1.807, 2.05) is 56.3 Å². The number of anilines is 1. The van der Waals surface area contributed by atoms with Crippen LogP contribution in [0.1, 0.15) is 27.2 Å². The van der Waals surface area contributed by atoms with Gasteiger partial charge >= 0.3 is 0 Å². The van der Waals surface area contributed by atoms with Crippen LogP contribution in [0.2, 0.25) is 0 Å². The lowest BCUT2D eigenvalue weighted by Gasteiger charge is -2.34. The average molecular weight is 559 g/mol. The van der Waals surface area contributed by atoms with Crippen LogP contribution in [0.3, 0.4) is 0 Å². The van der Waals surface area contributed by atoms with Gasteiger partial charge in [-0.05, 0) is 73.0 Å². The minimum atomic E-state index is -0.249. The van der Waals surface area contributed by atoms with Crippen molar-refractivity contribution in [3.63, 3.8) is 0 Å². The van der Waals surface area contributed by atoms with Crippen LogP contribution >= 0.6 is 11.8 Å². The number of methoxy groups -OCH3 is 1. The Hall–Kier alpha value is -4.31. The average Bonchev–Trinajstić information content (AvgIpc) is 3.60. The Balaban J connectivity index is 1.30. The number of amides is 3. The van der Waals surface area contributed by atoms with Crippen molar-refractivity contribution in [2.45, 2.75) is 13.8 Å². The second-order valence-corrected chi connectivity index (χ2v) is 10.6. The van der Waals surface area contributed by atoms with Crippen LogP contribution in [0.4, 0.5) is 5.69 Å². The molecule has 3 heterocycles. The lowest BCUT2D eigenvalue weighted by Crippen LogP contribution is -2.51. The molecule has 1 saturated heterocycles. The minimum Gasteiger partial charge on any atom is -0.497 e. The van der Waals surface area contributed by atoms with Gasteiger partial charge in [0.1, 0.15) is 11.4 Å². The molecule has 3 amide bonds. The van der Waals surface area contributed by atoms with E-state index in [2.05, 4.69) is 4.99 Å². The summed E-state index contributed by atoms with van der Waals surface area (Å²) >= 11 is 1.24. The number of hydrogen-bond acceptors (Lipinski definition) is 7. The minimum absolute atomic E-state index is 0.0711. The summed E-state index contributed by atoms with van der Waals surface area (Å²) in [5, 5.41) is 0.453. The van der Waals surface area contributed by atoms with Crippen molar-refractivity contribution in [2.24, 2.45) is 4.99 Å². The van der Waals surface area contributed by atoms with E-state index in [4.69, 9.17) is 9.15 Å².